The molecular formula is C22H32O5. The number of carbonyl (C=O) groups is 2. The third-order valence-electron chi connectivity index (χ3n) is 6.43. The van der Waals surface area contributed by atoms with Crippen molar-refractivity contribution in [2.24, 2.45) is 29.6 Å². The van der Waals surface area contributed by atoms with Crippen LogP contribution < -0.4 is 0 Å². The molecule has 5 heteroatoms. The second-order valence-electron chi connectivity index (χ2n) is 8.86. The summed E-state index contributed by atoms with van der Waals surface area (Å²) >= 11 is 0. The molecule has 1 aliphatic heterocycles. The highest BCUT2D eigenvalue weighted by Gasteiger charge is 2.55. The van der Waals surface area contributed by atoms with E-state index in [2.05, 4.69) is 33.8 Å². The largest absolute Gasteiger partial charge is 0.462 e. The number of hydrogen-bond acceptors (Lipinski definition) is 5. The van der Waals surface area contributed by atoms with Gasteiger partial charge in [0.15, 0.2) is 0 Å². The van der Waals surface area contributed by atoms with Gasteiger partial charge in [-0.3, -0.25) is 4.79 Å². The Balaban J connectivity index is 1.98. The average Bonchev–Trinajstić information content (AvgIpc) is 3.26. The first-order valence-electron chi connectivity index (χ1n) is 10.1. The van der Waals surface area contributed by atoms with Crippen LogP contribution in [-0.2, 0) is 19.1 Å². The molecule has 0 spiro atoms. The zero-order chi connectivity index (χ0) is 19.9. The van der Waals surface area contributed by atoms with E-state index in [1.54, 1.807) is 0 Å². The Morgan fingerprint density at radius 1 is 1.33 bits per heavy atom. The van der Waals surface area contributed by atoms with E-state index in [4.69, 9.17) is 9.47 Å². The van der Waals surface area contributed by atoms with E-state index in [1.807, 2.05) is 0 Å². The molecule has 0 saturated heterocycles. The molecule has 0 radical (unpaired) electrons. The van der Waals surface area contributed by atoms with Gasteiger partial charge in [-0.25, -0.2) is 4.79 Å². The smallest absolute Gasteiger partial charge is 0.337 e. The first-order chi connectivity index (χ1) is 12.7. The molecule has 7 unspecified atom stereocenters. The Hall–Kier alpha value is -1.62. The summed E-state index contributed by atoms with van der Waals surface area (Å²) in [4.78, 5) is 24.3. The Morgan fingerprint density at radius 2 is 2.04 bits per heavy atom. The molecule has 150 valence electrons. The van der Waals surface area contributed by atoms with Gasteiger partial charge in [-0.15, -0.1) is 0 Å². The summed E-state index contributed by atoms with van der Waals surface area (Å²) in [5.41, 5.74) is 2.61. The fourth-order valence-corrected chi connectivity index (χ4v) is 5.07. The number of aliphatic hydroxyl groups excluding tert-OH is 1. The highest BCUT2D eigenvalue weighted by molar-refractivity contribution is 5.93. The number of ether oxygens (including phenoxy) is 2. The summed E-state index contributed by atoms with van der Waals surface area (Å²) in [7, 11) is 0. The second-order valence-corrected chi connectivity index (χ2v) is 8.86. The maximum atomic E-state index is 12.5. The lowest BCUT2D eigenvalue weighted by atomic mass is 9.73. The normalized spacial score (nSPS) is 36.0. The maximum absolute atomic E-state index is 12.5. The Kier molecular flexibility index (Phi) is 5.80. The minimum Gasteiger partial charge on any atom is -0.462 e. The molecule has 3 aliphatic rings. The van der Waals surface area contributed by atoms with Crippen molar-refractivity contribution in [3.8, 4) is 0 Å². The average molecular weight is 376 g/mol. The number of esters is 2. The summed E-state index contributed by atoms with van der Waals surface area (Å²) in [5.74, 6) is 0.219. The monoisotopic (exact) mass is 376 g/mol. The molecule has 3 rings (SSSR count). The van der Waals surface area contributed by atoms with Gasteiger partial charge in [-0.2, -0.15) is 0 Å². The van der Waals surface area contributed by atoms with Crippen molar-refractivity contribution in [2.75, 3.05) is 0 Å². The van der Waals surface area contributed by atoms with E-state index >= 15 is 0 Å². The van der Waals surface area contributed by atoms with E-state index in [0.29, 0.717) is 23.0 Å². The Labute approximate surface area is 161 Å². The lowest BCUT2D eigenvalue weighted by Crippen LogP contribution is -2.38. The predicted octanol–water partition coefficient (Wildman–Crippen LogP) is 3.76. The third kappa shape index (κ3) is 4.13. The van der Waals surface area contributed by atoms with Crippen LogP contribution in [0.25, 0.3) is 0 Å². The van der Waals surface area contributed by atoms with Gasteiger partial charge in [0.1, 0.15) is 6.10 Å². The van der Waals surface area contributed by atoms with Gasteiger partial charge >= 0.3 is 11.9 Å². The van der Waals surface area contributed by atoms with Crippen LogP contribution in [0.1, 0.15) is 60.3 Å². The van der Waals surface area contributed by atoms with Crippen LogP contribution in [0.3, 0.4) is 0 Å². The molecule has 2 aliphatic carbocycles. The van der Waals surface area contributed by atoms with Gasteiger partial charge in [-0.1, -0.05) is 25.5 Å². The molecule has 0 aromatic rings. The quantitative estimate of drug-likeness (QED) is 0.584. The number of cyclic esters (lactones) is 1. The van der Waals surface area contributed by atoms with Crippen molar-refractivity contribution in [3.63, 3.8) is 0 Å². The summed E-state index contributed by atoms with van der Waals surface area (Å²) in [6.45, 7) is 9.87. The van der Waals surface area contributed by atoms with E-state index in [0.717, 1.165) is 25.7 Å². The summed E-state index contributed by atoms with van der Waals surface area (Å²) in [6.07, 6.45) is 4.17. The zero-order valence-electron chi connectivity index (χ0n) is 17.0. The van der Waals surface area contributed by atoms with Crippen LogP contribution in [0.2, 0.25) is 0 Å². The fourth-order valence-electron chi connectivity index (χ4n) is 5.07. The third-order valence-corrected chi connectivity index (χ3v) is 6.43. The molecular weight excluding hydrogens is 344 g/mol. The molecule has 5 nitrogen and oxygen atoms in total. The molecule has 0 aromatic carbocycles. The van der Waals surface area contributed by atoms with E-state index in [9.17, 15) is 14.7 Å². The molecule has 1 fully saturated rings. The number of hydrogen-bond donors (Lipinski definition) is 1. The summed E-state index contributed by atoms with van der Waals surface area (Å²) in [6, 6.07) is 0. The van der Waals surface area contributed by atoms with Gasteiger partial charge in [0.2, 0.25) is 6.29 Å². The van der Waals surface area contributed by atoms with Crippen molar-refractivity contribution in [3.05, 3.63) is 22.8 Å². The molecule has 1 N–H and O–H groups in total. The van der Waals surface area contributed by atoms with Gasteiger partial charge in [0.05, 0.1) is 0 Å². The van der Waals surface area contributed by atoms with E-state index < -0.39 is 6.29 Å². The minimum atomic E-state index is -1.21. The van der Waals surface area contributed by atoms with Crippen LogP contribution in [0, 0.1) is 29.6 Å². The standard InChI is InChI=1S/C22H32O5/c1-11(2)7-6-8-12(3)18-17(26-14(5)23)9-13(4)15-10-16(15)19-20(18)22(25)27-21(19)24/h7,12-13,15-18,22,25H,6,8-10H2,1-5H3. The summed E-state index contributed by atoms with van der Waals surface area (Å²) in [5, 5.41) is 10.5. The van der Waals surface area contributed by atoms with Crippen molar-refractivity contribution >= 4 is 11.9 Å². The van der Waals surface area contributed by atoms with Crippen molar-refractivity contribution < 1.29 is 24.2 Å². The van der Waals surface area contributed by atoms with Crippen LogP contribution in [0.15, 0.2) is 22.8 Å². The van der Waals surface area contributed by atoms with Crippen LogP contribution in [0.5, 0.6) is 0 Å². The van der Waals surface area contributed by atoms with Crippen molar-refractivity contribution in [2.45, 2.75) is 72.7 Å². The lowest BCUT2D eigenvalue weighted by Gasteiger charge is -2.36. The number of rotatable bonds is 5. The van der Waals surface area contributed by atoms with Gasteiger partial charge in [0, 0.05) is 24.0 Å². The molecule has 1 heterocycles. The molecule has 1 saturated carbocycles. The molecule has 7 atom stereocenters. The topological polar surface area (TPSA) is 72.8 Å². The van der Waals surface area contributed by atoms with Crippen LogP contribution in [-0.4, -0.2) is 29.4 Å². The molecule has 0 bridgehead atoms. The molecule has 0 amide bonds. The first kappa shape index (κ1) is 20.1. The van der Waals surface area contributed by atoms with Crippen molar-refractivity contribution in [1.29, 1.82) is 0 Å². The number of carbonyl (C=O) groups excluding carboxylic acids is 2. The zero-order valence-corrected chi connectivity index (χ0v) is 17.0. The highest BCUT2D eigenvalue weighted by atomic mass is 16.6. The number of allylic oxidation sites excluding steroid dienone is 2. The predicted molar refractivity (Wildman–Crippen MR) is 101 cm³/mol. The molecule has 27 heavy (non-hydrogen) atoms. The molecule has 0 aromatic heterocycles. The van der Waals surface area contributed by atoms with Crippen molar-refractivity contribution in [1.82, 2.24) is 0 Å². The fraction of sp³-hybridized carbons (Fsp3) is 0.727. The highest BCUT2D eigenvalue weighted by Crippen LogP contribution is 2.57. The first-order valence-corrected chi connectivity index (χ1v) is 10.1. The maximum Gasteiger partial charge on any atom is 0.337 e. The van der Waals surface area contributed by atoms with Crippen LogP contribution in [0.4, 0.5) is 0 Å². The lowest BCUT2D eigenvalue weighted by molar-refractivity contribution is -0.156. The van der Waals surface area contributed by atoms with Crippen LogP contribution >= 0.6 is 0 Å². The Morgan fingerprint density at radius 3 is 2.67 bits per heavy atom. The van der Waals surface area contributed by atoms with Gasteiger partial charge in [0.25, 0.3) is 0 Å². The summed E-state index contributed by atoms with van der Waals surface area (Å²) < 4.78 is 11.0. The minimum absolute atomic E-state index is 0.154. The number of fused-ring (bicyclic) bond motifs is 2. The Bertz CT molecular complexity index is 672. The van der Waals surface area contributed by atoms with Gasteiger partial charge < -0.3 is 14.6 Å². The number of aliphatic hydroxyl groups is 1. The van der Waals surface area contributed by atoms with E-state index in [1.165, 1.54) is 12.5 Å². The SMILES string of the molecule is CC(=O)OC1CC(C)C2CC2C2=C(C(O)OC2=O)C1C(C)CCC=C(C)C. The van der Waals surface area contributed by atoms with E-state index in [-0.39, 0.29) is 35.8 Å². The second kappa shape index (κ2) is 7.78. The van der Waals surface area contributed by atoms with Gasteiger partial charge in [-0.05, 0) is 63.2 Å².